The second kappa shape index (κ2) is 8.63. The SMILES string of the molecule is CCCCC(CC)(C(=O)OC(C)(C)C)C(=O)C1(CC)OOC1CCC. The molecule has 1 aliphatic heterocycles. The monoisotopic (exact) mass is 356 g/mol. The van der Waals surface area contributed by atoms with E-state index in [9.17, 15) is 9.59 Å². The molecule has 146 valence electrons. The highest BCUT2D eigenvalue weighted by Crippen LogP contribution is 2.46. The van der Waals surface area contributed by atoms with Gasteiger partial charge < -0.3 is 4.74 Å². The van der Waals surface area contributed by atoms with Gasteiger partial charge in [-0.3, -0.25) is 9.59 Å². The molecule has 3 atom stereocenters. The van der Waals surface area contributed by atoms with E-state index in [-0.39, 0.29) is 11.9 Å². The van der Waals surface area contributed by atoms with E-state index in [0.717, 1.165) is 25.7 Å². The van der Waals surface area contributed by atoms with Crippen molar-refractivity contribution in [1.29, 1.82) is 0 Å². The van der Waals surface area contributed by atoms with Gasteiger partial charge in [0.25, 0.3) is 0 Å². The molecule has 0 N–H and O–H groups in total. The predicted octanol–water partition coefficient (Wildman–Crippen LogP) is 4.76. The van der Waals surface area contributed by atoms with Crippen molar-refractivity contribution in [3.63, 3.8) is 0 Å². The van der Waals surface area contributed by atoms with Gasteiger partial charge in [0.05, 0.1) is 0 Å². The molecule has 0 aliphatic carbocycles. The molecule has 5 heteroatoms. The molecular formula is C20H36O5. The van der Waals surface area contributed by atoms with Crippen molar-refractivity contribution in [1.82, 2.24) is 0 Å². The summed E-state index contributed by atoms with van der Waals surface area (Å²) in [5.74, 6) is -0.600. The van der Waals surface area contributed by atoms with Gasteiger partial charge in [-0.15, -0.1) is 0 Å². The molecule has 1 fully saturated rings. The van der Waals surface area contributed by atoms with Crippen LogP contribution in [-0.4, -0.2) is 29.1 Å². The zero-order valence-corrected chi connectivity index (χ0v) is 17.1. The number of hydrogen-bond donors (Lipinski definition) is 0. The van der Waals surface area contributed by atoms with Crippen LogP contribution in [0.15, 0.2) is 0 Å². The highest BCUT2D eigenvalue weighted by Gasteiger charge is 2.63. The zero-order chi connectivity index (χ0) is 19.3. The Morgan fingerprint density at radius 1 is 1.08 bits per heavy atom. The summed E-state index contributed by atoms with van der Waals surface area (Å²) in [5.41, 5.74) is -2.84. The fourth-order valence-electron chi connectivity index (χ4n) is 3.46. The standard InChI is InChI=1S/C20H36O5/c1-8-12-14-19(10-3,17(22)23-18(5,6)7)16(21)20(11-4)15(13-9-2)24-25-20/h15H,8-14H2,1-7H3. The lowest BCUT2D eigenvalue weighted by Crippen LogP contribution is -2.66. The molecule has 25 heavy (non-hydrogen) atoms. The summed E-state index contributed by atoms with van der Waals surface area (Å²) in [6, 6.07) is 0. The topological polar surface area (TPSA) is 61.8 Å². The minimum absolute atomic E-state index is 0.169. The number of ketones is 1. The van der Waals surface area contributed by atoms with E-state index in [0.29, 0.717) is 19.3 Å². The van der Waals surface area contributed by atoms with Gasteiger partial charge in [-0.2, -0.15) is 0 Å². The van der Waals surface area contributed by atoms with Gasteiger partial charge in [0.2, 0.25) is 0 Å². The van der Waals surface area contributed by atoms with Gasteiger partial charge in [0.15, 0.2) is 11.4 Å². The summed E-state index contributed by atoms with van der Waals surface area (Å²) in [6.07, 6.45) is 4.43. The molecule has 3 unspecified atom stereocenters. The third kappa shape index (κ3) is 4.43. The van der Waals surface area contributed by atoms with E-state index in [2.05, 4.69) is 6.92 Å². The van der Waals surface area contributed by atoms with Gasteiger partial charge >= 0.3 is 5.97 Å². The minimum atomic E-state index is -1.17. The van der Waals surface area contributed by atoms with Crippen molar-refractivity contribution in [2.24, 2.45) is 5.41 Å². The minimum Gasteiger partial charge on any atom is -0.459 e. The molecule has 1 saturated heterocycles. The number of unbranched alkanes of at least 4 members (excludes halogenated alkanes) is 1. The summed E-state index contributed by atoms with van der Waals surface area (Å²) in [4.78, 5) is 37.4. The highest BCUT2D eigenvalue weighted by atomic mass is 17.3. The summed E-state index contributed by atoms with van der Waals surface area (Å²) < 4.78 is 5.66. The zero-order valence-electron chi connectivity index (χ0n) is 17.1. The lowest BCUT2D eigenvalue weighted by molar-refractivity contribution is -0.496. The fraction of sp³-hybridized carbons (Fsp3) is 0.900. The van der Waals surface area contributed by atoms with Gasteiger partial charge in [0.1, 0.15) is 17.1 Å². The smallest absolute Gasteiger partial charge is 0.320 e. The van der Waals surface area contributed by atoms with Crippen LogP contribution in [0.5, 0.6) is 0 Å². The van der Waals surface area contributed by atoms with Gasteiger partial charge in [0, 0.05) is 0 Å². The second-order valence-corrected chi connectivity index (χ2v) is 8.07. The number of Topliss-reactive ketones (excluding diaryl/α,β-unsaturated/α-hetero) is 1. The Morgan fingerprint density at radius 3 is 2.08 bits per heavy atom. The van der Waals surface area contributed by atoms with E-state index in [4.69, 9.17) is 14.5 Å². The molecule has 1 rings (SSSR count). The first kappa shape index (κ1) is 22.1. The summed E-state index contributed by atoms with van der Waals surface area (Å²) in [5, 5.41) is 0. The first-order valence-electron chi connectivity index (χ1n) is 9.76. The van der Waals surface area contributed by atoms with Crippen LogP contribution in [-0.2, 0) is 24.1 Å². The van der Waals surface area contributed by atoms with E-state index in [1.54, 1.807) is 0 Å². The van der Waals surface area contributed by atoms with Crippen molar-refractivity contribution < 1.29 is 24.1 Å². The predicted molar refractivity (Wildman–Crippen MR) is 97.0 cm³/mol. The Balaban J connectivity index is 3.25. The maximum Gasteiger partial charge on any atom is 0.320 e. The number of rotatable bonds is 10. The lowest BCUT2D eigenvalue weighted by Gasteiger charge is -2.49. The molecule has 1 aliphatic rings. The largest absolute Gasteiger partial charge is 0.459 e. The number of esters is 1. The van der Waals surface area contributed by atoms with Crippen LogP contribution in [0, 0.1) is 5.41 Å². The van der Waals surface area contributed by atoms with Gasteiger partial charge in [-0.1, -0.05) is 47.0 Å². The average molecular weight is 357 g/mol. The Kier molecular flexibility index (Phi) is 7.63. The molecule has 0 aromatic heterocycles. The van der Waals surface area contributed by atoms with E-state index >= 15 is 0 Å². The molecule has 0 aromatic carbocycles. The third-order valence-corrected chi connectivity index (χ3v) is 5.08. The molecule has 0 saturated carbocycles. The summed E-state index contributed by atoms with van der Waals surface area (Å²) >= 11 is 0. The van der Waals surface area contributed by atoms with Crippen LogP contribution < -0.4 is 0 Å². The fourth-order valence-corrected chi connectivity index (χ4v) is 3.46. The maximum absolute atomic E-state index is 13.6. The first-order chi connectivity index (χ1) is 11.6. The van der Waals surface area contributed by atoms with Crippen molar-refractivity contribution in [3.8, 4) is 0 Å². The maximum atomic E-state index is 13.6. The Bertz CT molecular complexity index is 463. The van der Waals surface area contributed by atoms with Crippen molar-refractivity contribution in [2.45, 2.75) is 111 Å². The van der Waals surface area contributed by atoms with Crippen LogP contribution in [0.2, 0.25) is 0 Å². The number of ether oxygens (including phenoxy) is 1. The van der Waals surface area contributed by atoms with Crippen molar-refractivity contribution in [3.05, 3.63) is 0 Å². The molecule has 0 bridgehead atoms. The third-order valence-electron chi connectivity index (χ3n) is 5.08. The Labute approximate surface area is 152 Å². The second-order valence-electron chi connectivity index (χ2n) is 8.07. The average Bonchev–Trinajstić information content (AvgIpc) is 2.52. The van der Waals surface area contributed by atoms with Crippen LogP contribution in [0.4, 0.5) is 0 Å². The summed E-state index contributed by atoms with van der Waals surface area (Å²) in [7, 11) is 0. The van der Waals surface area contributed by atoms with Crippen LogP contribution in [0.25, 0.3) is 0 Å². The molecule has 5 nitrogen and oxygen atoms in total. The molecule has 1 heterocycles. The van der Waals surface area contributed by atoms with Gasteiger partial charge in [-0.05, 0) is 46.5 Å². The number of carbonyl (C=O) groups is 2. The van der Waals surface area contributed by atoms with Crippen LogP contribution in [0.1, 0.15) is 93.4 Å². The molecule has 0 aromatic rings. The van der Waals surface area contributed by atoms with Crippen molar-refractivity contribution in [2.75, 3.05) is 0 Å². The molecule has 0 amide bonds. The number of carbonyl (C=O) groups excluding carboxylic acids is 2. The van der Waals surface area contributed by atoms with Crippen LogP contribution >= 0.6 is 0 Å². The quantitative estimate of drug-likeness (QED) is 0.321. The number of hydrogen-bond acceptors (Lipinski definition) is 5. The normalized spacial score (nSPS) is 25.8. The Hall–Kier alpha value is -0.940. The van der Waals surface area contributed by atoms with E-state index in [1.807, 2.05) is 41.5 Å². The highest BCUT2D eigenvalue weighted by molar-refractivity contribution is 6.08. The molecular weight excluding hydrogens is 320 g/mol. The molecule has 0 spiro atoms. The van der Waals surface area contributed by atoms with Gasteiger partial charge in [-0.25, -0.2) is 9.78 Å². The van der Waals surface area contributed by atoms with Crippen LogP contribution in [0.3, 0.4) is 0 Å². The van der Waals surface area contributed by atoms with Crippen molar-refractivity contribution >= 4 is 11.8 Å². The molecule has 0 radical (unpaired) electrons. The van der Waals surface area contributed by atoms with E-state index in [1.165, 1.54) is 0 Å². The first-order valence-corrected chi connectivity index (χ1v) is 9.76. The lowest BCUT2D eigenvalue weighted by atomic mass is 9.67. The van der Waals surface area contributed by atoms with E-state index < -0.39 is 22.6 Å². The summed E-state index contributed by atoms with van der Waals surface area (Å²) in [6.45, 7) is 13.4. The Morgan fingerprint density at radius 2 is 1.72 bits per heavy atom.